The van der Waals surface area contributed by atoms with Crippen molar-refractivity contribution in [2.24, 2.45) is 5.92 Å². The van der Waals surface area contributed by atoms with E-state index in [0.29, 0.717) is 5.02 Å². The van der Waals surface area contributed by atoms with Crippen LogP contribution in [0.2, 0.25) is 5.02 Å². The van der Waals surface area contributed by atoms with Crippen LogP contribution in [0, 0.1) is 12.8 Å². The highest BCUT2D eigenvalue weighted by atomic mass is 35.5. The summed E-state index contributed by atoms with van der Waals surface area (Å²) in [6.07, 6.45) is 0.915. The van der Waals surface area contributed by atoms with Gasteiger partial charge in [-0.05, 0) is 43.7 Å². The number of halogens is 2. The third-order valence-electron chi connectivity index (χ3n) is 2.88. The topological polar surface area (TPSA) is 41.1 Å². The van der Waals surface area contributed by atoms with E-state index in [2.05, 4.69) is 10.6 Å². The van der Waals surface area contributed by atoms with Gasteiger partial charge >= 0.3 is 0 Å². The molecule has 1 aromatic rings. The molecule has 1 unspecified atom stereocenters. The summed E-state index contributed by atoms with van der Waals surface area (Å²) in [6, 6.07) is 5.49. The van der Waals surface area contributed by atoms with Crippen LogP contribution in [0.3, 0.4) is 0 Å². The van der Waals surface area contributed by atoms with Crippen molar-refractivity contribution < 1.29 is 4.79 Å². The highest BCUT2D eigenvalue weighted by Crippen LogP contribution is 2.21. The monoisotopic (exact) mass is 274 g/mol. The third-order valence-corrected chi connectivity index (χ3v) is 3.11. The number of benzene rings is 1. The van der Waals surface area contributed by atoms with Gasteiger partial charge in [0.05, 0.1) is 5.92 Å². The van der Waals surface area contributed by atoms with Crippen LogP contribution in [0.1, 0.15) is 12.0 Å². The zero-order chi connectivity index (χ0) is 11.5. The van der Waals surface area contributed by atoms with Gasteiger partial charge in [-0.1, -0.05) is 11.6 Å². The second-order valence-electron chi connectivity index (χ2n) is 4.14. The second kappa shape index (κ2) is 6.24. The summed E-state index contributed by atoms with van der Waals surface area (Å²) >= 11 is 5.86. The van der Waals surface area contributed by atoms with Gasteiger partial charge in [-0.15, -0.1) is 12.4 Å². The zero-order valence-corrected chi connectivity index (χ0v) is 11.2. The molecule has 0 bridgehead atoms. The predicted octanol–water partition coefficient (Wildman–Crippen LogP) is 2.62. The molecule has 3 nitrogen and oxygen atoms in total. The van der Waals surface area contributed by atoms with Crippen molar-refractivity contribution in [2.45, 2.75) is 13.3 Å². The van der Waals surface area contributed by atoms with Crippen LogP contribution in [-0.4, -0.2) is 19.0 Å². The first-order valence-electron chi connectivity index (χ1n) is 5.44. The highest BCUT2D eigenvalue weighted by Gasteiger charge is 2.22. The standard InChI is InChI=1S/C12H15ClN2O.ClH/c1-8-6-10(13)2-3-11(8)15-12(16)9-4-5-14-7-9;/h2-3,6,9,14H,4-5,7H2,1H3,(H,15,16);1H. The highest BCUT2D eigenvalue weighted by molar-refractivity contribution is 6.30. The summed E-state index contributed by atoms with van der Waals surface area (Å²) in [5.41, 5.74) is 1.84. The van der Waals surface area contributed by atoms with E-state index in [1.165, 1.54) is 0 Å². The Labute approximate surface area is 112 Å². The molecule has 17 heavy (non-hydrogen) atoms. The smallest absolute Gasteiger partial charge is 0.228 e. The lowest BCUT2D eigenvalue weighted by Crippen LogP contribution is -2.24. The maximum atomic E-state index is 11.9. The molecule has 94 valence electrons. The van der Waals surface area contributed by atoms with Crippen LogP contribution in [0.4, 0.5) is 5.69 Å². The molecular formula is C12H16Cl2N2O. The van der Waals surface area contributed by atoms with Crippen molar-refractivity contribution in [1.29, 1.82) is 0 Å². The molecule has 0 radical (unpaired) electrons. The predicted molar refractivity (Wildman–Crippen MR) is 73.0 cm³/mol. The van der Waals surface area contributed by atoms with Crippen molar-refractivity contribution in [2.75, 3.05) is 18.4 Å². The van der Waals surface area contributed by atoms with Crippen LogP contribution in [-0.2, 0) is 4.79 Å². The van der Waals surface area contributed by atoms with Gasteiger partial charge in [0.2, 0.25) is 5.91 Å². The Bertz CT molecular complexity index is 403. The number of hydrogen-bond acceptors (Lipinski definition) is 2. The molecule has 0 saturated carbocycles. The minimum Gasteiger partial charge on any atom is -0.326 e. The number of carbonyl (C=O) groups excluding carboxylic acids is 1. The Kier molecular flexibility index (Phi) is 5.25. The quantitative estimate of drug-likeness (QED) is 0.871. The molecule has 1 saturated heterocycles. The lowest BCUT2D eigenvalue weighted by atomic mass is 10.1. The van der Waals surface area contributed by atoms with E-state index >= 15 is 0 Å². The number of amides is 1. The molecule has 1 aliphatic rings. The molecule has 5 heteroatoms. The summed E-state index contributed by atoms with van der Waals surface area (Å²) < 4.78 is 0. The first-order valence-corrected chi connectivity index (χ1v) is 5.82. The molecule has 0 aromatic heterocycles. The summed E-state index contributed by atoms with van der Waals surface area (Å²) in [7, 11) is 0. The normalized spacial score (nSPS) is 18.6. The Morgan fingerprint density at radius 1 is 1.53 bits per heavy atom. The van der Waals surface area contributed by atoms with Gasteiger partial charge in [0.1, 0.15) is 0 Å². The number of hydrogen-bond donors (Lipinski definition) is 2. The summed E-state index contributed by atoms with van der Waals surface area (Å²) in [5.74, 6) is 0.186. The van der Waals surface area contributed by atoms with Crippen molar-refractivity contribution >= 4 is 35.6 Å². The van der Waals surface area contributed by atoms with E-state index in [0.717, 1.165) is 30.8 Å². The maximum Gasteiger partial charge on any atom is 0.228 e. The SMILES string of the molecule is Cc1cc(Cl)ccc1NC(=O)C1CCNC1.Cl. The molecule has 1 aliphatic heterocycles. The van der Waals surface area contributed by atoms with Gasteiger partial charge in [0.25, 0.3) is 0 Å². The fraction of sp³-hybridized carbons (Fsp3) is 0.417. The molecule has 0 spiro atoms. The minimum absolute atomic E-state index is 0. The van der Waals surface area contributed by atoms with Gasteiger partial charge < -0.3 is 10.6 Å². The van der Waals surface area contributed by atoms with Crippen LogP contribution >= 0.6 is 24.0 Å². The van der Waals surface area contributed by atoms with E-state index in [1.54, 1.807) is 6.07 Å². The fourth-order valence-electron chi connectivity index (χ4n) is 1.88. The maximum absolute atomic E-state index is 11.9. The zero-order valence-electron chi connectivity index (χ0n) is 9.63. The van der Waals surface area contributed by atoms with E-state index in [1.807, 2.05) is 19.1 Å². The van der Waals surface area contributed by atoms with Gasteiger partial charge in [-0.25, -0.2) is 0 Å². The van der Waals surface area contributed by atoms with Crippen molar-refractivity contribution in [3.8, 4) is 0 Å². The first-order chi connectivity index (χ1) is 7.66. The van der Waals surface area contributed by atoms with Crippen molar-refractivity contribution in [1.82, 2.24) is 5.32 Å². The number of carbonyl (C=O) groups is 1. The lowest BCUT2D eigenvalue weighted by Gasteiger charge is -2.12. The molecule has 1 aromatic carbocycles. The Morgan fingerprint density at radius 3 is 2.88 bits per heavy atom. The molecule has 1 heterocycles. The van der Waals surface area contributed by atoms with E-state index in [-0.39, 0.29) is 24.2 Å². The molecule has 2 rings (SSSR count). The van der Waals surface area contributed by atoms with Crippen LogP contribution in [0.15, 0.2) is 18.2 Å². The first kappa shape index (κ1) is 14.3. The second-order valence-corrected chi connectivity index (χ2v) is 4.57. The largest absolute Gasteiger partial charge is 0.326 e. The molecule has 0 aliphatic carbocycles. The summed E-state index contributed by atoms with van der Waals surface area (Å²) in [6.45, 7) is 3.64. The Morgan fingerprint density at radius 2 is 2.29 bits per heavy atom. The minimum atomic E-state index is 0. The van der Waals surface area contributed by atoms with E-state index in [9.17, 15) is 4.79 Å². The van der Waals surface area contributed by atoms with E-state index < -0.39 is 0 Å². The molecular weight excluding hydrogens is 259 g/mol. The van der Waals surface area contributed by atoms with Crippen LogP contribution in [0.5, 0.6) is 0 Å². The average Bonchev–Trinajstić information content (AvgIpc) is 2.75. The Hall–Kier alpha value is -0.770. The molecule has 2 N–H and O–H groups in total. The number of rotatable bonds is 2. The van der Waals surface area contributed by atoms with Crippen LogP contribution in [0.25, 0.3) is 0 Å². The van der Waals surface area contributed by atoms with Gasteiger partial charge in [0.15, 0.2) is 0 Å². The molecule has 1 fully saturated rings. The number of anilines is 1. The van der Waals surface area contributed by atoms with Crippen molar-refractivity contribution in [3.05, 3.63) is 28.8 Å². The molecule has 1 amide bonds. The number of aryl methyl sites for hydroxylation is 1. The number of nitrogens with one attached hydrogen (secondary N) is 2. The van der Waals surface area contributed by atoms with Crippen LogP contribution < -0.4 is 10.6 Å². The summed E-state index contributed by atoms with van der Waals surface area (Å²) in [4.78, 5) is 11.9. The Balaban J connectivity index is 0.00000144. The van der Waals surface area contributed by atoms with Crippen molar-refractivity contribution in [3.63, 3.8) is 0 Å². The third kappa shape index (κ3) is 3.60. The average molecular weight is 275 g/mol. The summed E-state index contributed by atoms with van der Waals surface area (Å²) in [5, 5.41) is 6.82. The van der Waals surface area contributed by atoms with Gasteiger partial charge in [0, 0.05) is 17.3 Å². The lowest BCUT2D eigenvalue weighted by molar-refractivity contribution is -0.119. The van der Waals surface area contributed by atoms with Gasteiger partial charge in [-0.2, -0.15) is 0 Å². The molecule has 1 atom stereocenters. The van der Waals surface area contributed by atoms with E-state index in [4.69, 9.17) is 11.6 Å². The van der Waals surface area contributed by atoms with Gasteiger partial charge in [-0.3, -0.25) is 4.79 Å². The fourth-order valence-corrected chi connectivity index (χ4v) is 2.11.